The molecule has 23 heavy (non-hydrogen) atoms. The summed E-state index contributed by atoms with van der Waals surface area (Å²) in [4.78, 5) is 14.4. The van der Waals surface area contributed by atoms with Gasteiger partial charge in [0, 0.05) is 36.9 Å². The summed E-state index contributed by atoms with van der Waals surface area (Å²) in [5.74, 6) is 0.260. The molecule has 1 aromatic heterocycles. The normalized spacial score (nSPS) is 18.1. The summed E-state index contributed by atoms with van der Waals surface area (Å²) in [6.07, 6.45) is 8.33. The minimum Gasteiger partial charge on any atom is -0.341 e. The zero-order chi connectivity index (χ0) is 16.1. The number of halogens is 1. The molecule has 1 amide bonds. The van der Waals surface area contributed by atoms with E-state index in [9.17, 15) is 4.79 Å². The molecule has 0 bridgehead atoms. The summed E-state index contributed by atoms with van der Waals surface area (Å²) in [6.45, 7) is 1.65. The van der Waals surface area contributed by atoms with Crippen LogP contribution in [-0.2, 0) is 11.2 Å². The van der Waals surface area contributed by atoms with Gasteiger partial charge in [-0.2, -0.15) is 5.10 Å². The van der Waals surface area contributed by atoms with Gasteiger partial charge in [-0.05, 0) is 49.4 Å². The van der Waals surface area contributed by atoms with Gasteiger partial charge in [0.25, 0.3) is 0 Å². The number of likely N-dealkylation sites (tertiary alicyclic amines) is 1. The first-order valence-electron chi connectivity index (χ1n) is 8.24. The molecule has 0 N–H and O–H groups in total. The van der Waals surface area contributed by atoms with Crippen molar-refractivity contribution >= 4 is 17.5 Å². The zero-order valence-electron chi connectivity index (χ0n) is 13.2. The maximum Gasteiger partial charge on any atom is 0.222 e. The van der Waals surface area contributed by atoms with E-state index >= 15 is 0 Å². The summed E-state index contributed by atoms with van der Waals surface area (Å²) in [5, 5.41) is 5.06. The summed E-state index contributed by atoms with van der Waals surface area (Å²) in [7, 11) is 0. The maximum absolute atomic E-state index is 12.4. The average Bonchev–Trinajstić information content (AvgIpc) is 3.11. The maximum atomic E-state index is 12.4. The Bertz CT molecular complexity index is 624. The number of carbonyl (C=O) groups excluding carboxylic acids is 1. The van der Waals surface area contributed by atoms with Crippen molar-refractivity contribution in [1.29, 1.82) is 0 Å². The Morgan fingerprint density at radius 1 is 1.30 bits per heavy atom. The molecule has 2 aromatic rings. The van der Waals surface area contributed by atoms with Gasteiger partial charge >= 0.3 is 0 Å². The van der Waals surface area contributed by atoms with Gasteiger partial charge in [0.1, 0.15) is 0 Å². The number of benzene rings is 1. The van der Waals surface area contributed by atoms with Crippen LogP contribution in [0.5, 0.6) is 0 Å². The minimum atomic E-state index is 0.260. The molecule has 1 aliphatic heterocycles. The second-order valence-electron chi connectivity index (χ2n) is 6.10. The van der Waals surface area contributed by atoms with Gasteiger partial charge in [-0.15, -0.1) is 0 Å². The van der Waals surface area contributed by atoms with E-state index in [4.69, 9.17) is 11.6 Å². The van der Waals surface area contributed by atoms with E-state index < -0.39 is 0 Å². The Kier molecular flexibility index (Phi) is 5.34. The first kappa shape index (κ1) is 16.1. The molecule has 0 radical (unpaired) electrons. The van der Waals surface area contributed by atoms with Crippen molar-refractivity contribution in [3.63, 3.8) is 0 Å². The van der Waals surface area contributed by atoms with Crippen molar-refractivity contribution in [2.75, 3.05) is 13.1 Å². The fourth-order valence-corrected chi connectivity index (χ4v) is 3.27. The van der Waals surface area contributed by atoms with Crippen molar-refractivity contribution in [2.45, 2.75) is 38.1 Å². The Hall–Kier alpha value is -1.81. The van der Waals surface area contributed by atoms with Crippen LogP contribution in [0.3, 0.4) is 0 Å². The molecule has 1 saturated heterocycles. The van der Waals surface area contributed by atoms with Crippen LogP contribution < -0.4 is 0 Å². The number of hydrogen-bond donors (Lipinski definition) is 0. The molecule has 1 aromatic carbocycles. The second kappa shape index (κ2) is 7.64. The van der Waals surface area contributed by atoms with Crippen molar-refractivity contribution in [3.8, 4) is 0 Å². The van der Waals surface area contributed by atoms with E-state index in [1.165, 1.54) is 5.56 Å². The monoisotopic (exact) mass is 331 g/mol. The molecule has 0 aliphatic carbocycles. The van der Waals surface area contributed by atoms with Crippen molar-refractivity contribution in [1.82, 2.24) is 14.7 Å². The second-order valence-corrected chi connectivity index (χ2v) is 6.54. The molecule has 1 aliphatic rings. The van der Waals surface area contributed by atoms with Crippen molar-refractivity contribution < 1.29 is 4.79 Å². The van der Waals surface area contributed by atoms with Crippen LogP contribution in [0.4, 0.5) is 0 Å². The van der Waals surface area contributed by atoms with Crippen LogP contribution >= 0.6 is 11.6 Å². The van der Waals surface area contributed by atoms with E-state index in [2.05, 4.69) is 5.10 Å². The molecule has 3 rings (SSSR count). The Balaban J connectivity index is 1.47. The summed E-state index contributed by atoms with van der Waals surface area (Å²) < 4.78 is 1.98. The first-order chi connectivity index (χ1) is 11.2. The third-order valence-corrected chi connectivity index (χ3v) is 4.67. The summed E-state index contributed by atoms with van der Waals surface area (Å²) in [5.41, 5.74) is 1.23. The summed E-state index contributed by atoms with van der Waals surface area (Å²) in [6, 6.07) is 10.1. The van der Waals surface area contributed by atoms with Crippen LogP contribution in [0, 0.1) is 0 Å². The van der Waals surface area contributed by atoms with Crippen LogP contribution in [0.1, 0.15) is 37.3 Å². The lowest BCUT2D eigenvalue weighted by Crippen LogP contribution is -2.40. The lowest BCUT2D eigenvalue weighted by atomic mass is 10.0. The quantitative estimate of drug-likeness (QED) is 0.837. The van der Waals surface area contributed by atoms with Gasteiger partial charge in [0.05, 0.1) is 6.04 Å². The number of hydrogen-bond acceptors (Lipinski definition) is 2. The molecular weight excluding hydrogens is 310 g/mol. The molecule has 0 spiro atoms. The molecule has 2 heterocycles. The highest BCUT2D eigenvalue weighted by atomic mass is 35.5. The highest BCUT2D eigenvalue weighted by Gasteiger charge is 2.24. The van der Waals surface area contributed by atoms with Gasteiger partial charge in [-0.3, -0.25) is 9.48 Å². The van der Waals surface area contributed by atoms with Crippen LogP contribution in [-0.4, -0.2) is 33.7 Å². The van der Waals surface area contributed by atoms with E-state index in [1.54, 1.807) is 6.20 Å². The van der Waals surface area contributed by atoms with E-state index in [0.29, 0.717) is 12.5 Å². The molecule has 1 fully saturated rings. The average molecular weight is 332 g/mol. The highest BCUT2D eigenvalue weighted by Crippen LogP contribution is 2.21. The summed E-state index contributed by atoms with van der Waals surface area (Å²) >= 11 is 5.89. The minimum absolute atomic E-state index is 0.260. The molecule has 4 nitrogen and oxygen atoms in total. The SMILES string of the molecule is O=C(CCCc1ccc(Cl)cc1)N1CCC[C@H](n2cccn2)C1. The third-order valence-electron chi connectivity index (χ3n) is 4.42. The Morgan fingerprint density at radius 2 is 2.13 bits per heavy atom. The molecule has 5 heteroatoms. The molecular formula is C18H22ClN3O. The predicted molar refractivity (Wildman–Crippen MR) is 91.5 cm³/mol. The van der Waals surface area contributed by atoms with E-state index in [0.717, 1.165) is 43.8 Å². The lowest BCUT2D eigenvalue weighted by Gasteiger charge is -2.33. The van der Waals surface area contributed by atoms with Crippen molar-refractivity contribution in [3.05, 3.63) is 53.3 Å². The van der Waals surface area contributed by atoms with Crippen LogP contribution in [0.25, 0.3) is 0 Å². The fraction of sp³-hybridized carbons (Fsp3) is 0.444. The topological polar surface area (TPSA) is 38.1 Å². The van der Waals surface area contributed by atoms with Gasteiger partial charge in [-0.25, -0.2) is 0 Å². The van der Waals surface area contributed by atoms with E-state index in [-0.39, 0.29) is 5.91 Å². The number of aryl methyl sites for hydroxylation is 1. The zero-order valence-corrected chi connectivity index (χ0v) is 14.0. The van der Waals surface area contributed by atoms with Gasteiger partial charge in [0.15, 0.2) is 0 Å². The largest absolute Gasteiger partial charge is 0.341 e. The number of aromatic nitrogens is 2. The number of carbonyl (C=O) groups is 1. The predicted octanol–water partition coefficient (Wildman–Crippen LogP) is 3.72. The fourth-order valence-electron chi connectivity index (χ4n) is 3.15. The number of nitrogens with zero attached hydrogens (tertiary/aromatic N) is 3. The van der Waals surface area contributed by atoms with Crippen molar-refractivity contribution in [2.24, 2.45) is 0 Å². The van der Waals surface area contributed by atoms with E-state index in [1.807, 2.05) is 46.1 Å². The molecule has 122 valence electrons. The number of piperidine rings is 1. The number of rotatable bonds is 5. The molecule has 1 atom stereocenters. The van der Waals surface area contributed by atoms with Crippen LogP contribution in [0.2, 0.25) is 5.02 Å². The number of amides is 1. The lowest BCUT2D eigenvalue weighted by molar-refractivity contribution is -0.133. The standard InChI is InChI=1S/C18H22ClN3O/c19-16-9-7-15(8-10-16)4-1-6-18(23)21-12-2-5-17(14-21)22-13-3-11-20-22/h3,7-11,13,17H,1-2,4-6,12,14H2/t17-/m0/s1. The first-order valence-corrected chi connectivity index (χ1v) is 8.61. The smallest absolute Gasteiger partial charge is 0.222 e. The Morgan fingerprint density at radius 3 is 2.87 bits per heavy atom. The Labute approximate surface area is 142 Å². The third kappa shape index (κ3) is 4.35. The van der Waals surface area contributed by atoms with Gasteiger partial charge in [-0.1, -0.05) is 23.7 Å². The van der Waals surface area contributed by atoms with Crippen LogP contribution in [0.15, 0.2) is 42.7 Å². The van der Waals surface area contributed by atoms with Gasteiger partial charge in [0.2, 0.25) is 5.91 Å². The highest BCUT2D eigenvalue weighted by molar-refractivity contribution is 6.30. The van der Waals surface area contributed by atoms with Gasteiger partial charge < -0.3 is 4.90 Å². The molecule has 0 unspecified atom stereocenters. The molecule has 0 saturated carbocycles.